The number of hydrogen-bond donors (Lipinski definition) is 2. The molecule has 0 saturated carbocycles. The van der Waals surface area contributed by atoms with E-state index in [0.717, 1.165) is 23.9 Å². The lowest BCUT2D eigenvalue weighted by atomic mass is 10.2. The van der Waals surface area contributed by atoms with Crippen LogP contribution in [0, 0.1) is 17.5 Å². The summed E-state index contributed by atoms with van der Waals surface area (Å²) >= 11 is 0.841. The molecule has 1 aromatic carbocycles. The number of carboxylic acids is 1. The fourth-order valence-electron chi connectivity index (χ4n) is 1.26. The number of carboxylic acid groups (broad SMARTS) is 1. The second-order valence-electron chi connectivity index (χ2n) is 3.40. The van der Waals surface area contributed by atoms with Crippen LogP contribution < -0.4 is 0 Å². The van der Waals surface area contributed by atoms with E-state index >= 15 is 0 Å². The summed E-state index contributed by atoms with van der Waals surface area (Å²) in [6.45, 7) is 0. The predicted molar refractivity (Wildman–Crippen MR) is 60.1 cm³/mol. The van der Waals surface area contributed by atoms with Crippen LogP contribution in [-0.4, -0.2) is 32.0 Å². The summed E-state index contributed by atoms with van der Waals surface area (Å²) < 4.78 is 38.8. The third-order valence-electron chi connectivity index (χ3n) is 2.05. The molecule has 19 heavy (non-hydrogen) atoms. The number of carbonyl (C=O) groups is 1. The number of thioether (sulfide) groups is 1. The van der Waals surface area contributed by atoms with E-state index in [-0.39, 0.29) is 22.3 Å². The van der Waals surface area contributed by atoms with Gasteiger partial charge in [-0.2, -0.15) is 0 Å². The average molecular weight is 289 g/mol. The summed E-state index contributed by atoms with van der Waals surface area (Å²) in [4.78, 5) is 14.2. The largest absolute Gasteiger partial charge is 0.481 e. The van der Waals surface area contributed by atoms with E-state index in [0.29, 0.717) is 0 Å². The zero-order valence-corrected chi connectivity index (χ0v) is 9.97. The number of benzene rings is 1. The Balaban J connectivity index is 2.25. The van der Waals surface area contributed by atoms with Crippen molar-refractivity contribution in [2.24, 2.45) is 0 Å². The normalized spacial score (nSPS) is 10.7. The maximum Gasteiger partial charge on any atom is 0.313 e. The fraction of sp³-hybridized carbons (Fsp3) is 0.100. The summed E-state index contributed by atoms with van der Waals surface area (Å²) in [7, 11) is 0. The molecule has 1 heterocycles. The summed E-state index contributed by atoms with van der Waals surface area (Å²) in [6.07, 6.45) is 0. The smallest absolute Gasteiger partial charge is 0.313 e. The minimum Gasteiger partial charge on any atom is -0.481 e. The standard InChI is InChI=1S/C10H6F3N3O2S/c11-5-1-4(2-6(12)8(5)13)9-14-10(16-15-9)19-3-7(17)18/h1-2H,3H2,(H,17,18)(H,14,15,16). The molecule has 0 bridgehead atoms. The number of H-pyrrole nitrogens is 1. The number of hydrogen-bond acceptors (Lipinski definition) is 4. The summed E-state index contributed by atoms with van der Waals surface area (Å²) in [6, 6.07) is 1.54. The average Bonchev–Trinajstić information content (AvgIpc) is 2.81. The number of aliphatic carboxylic acids is 1. The molecule has 0 saturated heterocycles. The highest BCUT2D eigenvalue weighted by Crippen LogP contribution is 2.22. The van der Waals surface area contributed by atoms with Crippen molar-refractivity contribution in [2.75, 3.05) is 5.75 Å². The Morgan fingerprint density at radius 3 is 2.53 bits per heavy atom. The first-order chi connectivity index (χ1) is 8.97. The molecule has 0 spiro atoms. The van der Waals surface area contributed by atoms with E-state index in [9.17, 15) is 18.0 Å². The molecule has 0 unspecified atom stereocenters. The van der Waals surface area contributed by atoms with Crippen LogP contribution in [0.3, 0.4) is 0 Å². The van der Waals surface area contributed by atoms with Crippen molar-refractivity contribution >= 4 is 17.7 Å². The molecule has 9 heteroatoms. The molecule has 2 aromatic rings. The van der Waals surface area contributed by atoms with Crippen LogP contribution in [0.4, 0.5) is 13.2 Å². The number of aromatic nitrogens is 3. The number of rotatable bonds is 4. The molecule has 100 valence electrons. The fourth-order valence-corrected chi connectivity index (χ4v) is 1.78. The van der Waals surface area contributed by atoms with E-state index in [1.807, 2.05) is 0 Å². The van der Waals surface area contributed by atoms with Gasteiger partial charge in [0.2, 0.25) is 5.16 Å². The van der Waals surface area contributed by atoms with E-state index < -0.39 is 23.4 Å². The zero-order valence-electron chi connectivity index (χ0n) is 9.15. The lowest BCUT2D eigenvalue weighted by Gasteiger charge is -1.99. The molecular weight excluding hydrogens is 283 g/mol. The summed E-state index contributed by atoms with van der Waals surface area (Å²) in [5, 5.41) is 14.6. The number of aromatic amines is 1. The molecule has 5 nitrogen and oxygen atoms in total. The Kier molecular flexibility index (Phi) is 3.74. The lowest BCUT2D eigenvalue weighted by Crippen LogP contribution is -1.97. The van der Waals surface area contributed by atoms with Gasteiger partial charge in [-0.1, -0.05) is 11.8 Å². The van der Waals surface area contributed by atoms with Crippen LogP contribution >= 0.6 is 11.8 Å². The highest BCUT2D eigenvalue weighted by molar-refractivity contribution is 7.99. The topological polar surface area (TPSA) is 78.9 Å². The van der Waals surface area contributed by atoms with Crippen molar-refractivity contribution in [1.29, 1.82) is 0 Å². The Morgan fingerprint density at radius 1 is 1.32 bits per heavy atom. The van der Waals surface area contributed by atoms with Crippen molar-refractivity contribution in [3.8, 4) is 11.4 Å². The van der Waals surface area contributed by atoms with Crippen molar-refractivity contribution in [1.82, 2.24) is 15.2 Å². The zero-order chi connectivity index (χ0) is 14.0. The molecule has 0 amide bonds. The van der Waals surface area contributed by atoms with Crippen LogP contribution in [0.25, 0.3) is 11.4 Å². The maximum absolute atomic E-state index is 13.0. The van der Waals surface area contributed by atoms with Gasteiger partial charge in [-0.3, -0.25) is 9.89 Å². The molecule has 2 N–H and O–H groups in total. The monoisotopic (exact) mass is 289 g/mol. The van der Waals surface area contributed by atoms with E-state index in [4.69, 9.17) is 5.11 Å². The highest BCUT2D eigenvalue weighted by Gasteiger charge is 2.14. The van der Waals surface area contributed by atoms with Crippen LogP contribution in [0.1, 0.15) is 0 Å². The van der Waals surface area contributed by atoms with Gasteiger partial charge in [0, 0.05) is 5.56 Å². The first kappa shape index (κ1) is 13.4. The molecule has 2 rings (SSSR count). The highest BCUT2D eigenvalue weighted by atomic mass is 32.2. The third kappa shape index (κ3) is 3.05. The van der Waals surface area contributed by atoms with Gasteiger partial charge in [-0.15, -0.1) is 5.10 Å². The summed E-state index contributed by atoms with van der Waals surface area (Å²) in [5.41, 5.74) is -0.0222. The predicted octanol–water partition coefficient (Wildman–Crippen LogP) is 2.07. The van der Waals surface area contributed by atoms with Crippen LogP contribution in [-0.2, 0) is 4.79 Å². The number of halogens is 3. The first-order valence-corrected chi connectivity index (χ1v) is 5.88. The quantitative estimate of drug-likeness (QED) is 0.665. The van der Waals surface area contributed by atoms with Gasteiger partial charge in [0.05, 0.1) is 5.75 Å². The SMILES string of the molecule is O=C(O)CSc1n[nH]c(-c2cc(F)c(F)c(F)c2)n1. The number of nitrogens with one attached hydrogen (secondary N) is 1. The van der Waals surface area contributed by atoms with Crippen molar-refractivity contribution in [3.05, 3.63) is 29.6 Å². The molecule has 0 aliphatic heterocycles. The second kappa shape index (κ2) is 5.31. The molecule has 0 atom stereocenters. The van der Waals surface area contributed by atoms with E-state index in [2.05, 4.69) is 15.2 Å². The van der Waals surface area contributed by atoms with Gasteiger partial charge in [-0.05, 0) is 12.1 Å². The molecule has 0 aliphatic rings. The second-order valence-corrected chi connectivity index (χ2v) is 4.35. The molecule has 0 aliphatic carbocycles. The van der Waals surface area contributed by atoms with Gasteiger partial charge >= 0.3 is 5.97 Å². The van der Waals surface area contributed by atoms with E-state index in [1.54, 1.807) is 0 Å². The molecule has 1 aromatic heterocycles. The van der Waals surface area contributed by atoms with Crippen LogP contribution in [0.2, 0.25) is 0 Å². The van der Waals surface area contributed by atoms with Gasteiger partial charge in [0.1, 0.15) is 0 Å². The van der Waals surface area contributed by atoms with Gasteiger partial charge in [-0.25, -0.2) is 18.2 Å². The Morgan fingerprint density at radius 2 is 1.95 bits per heavy atom. The van der Waals surface area contributed by atoms with Crippen LogP contribution in [0.15, 0.2) is 17.3 Å². The minimum atomic E-state index is -1.57. The van der Waals surface area contributed by atoms with Crippen molar-refractivity contribution in [2.45, 2.75) is 5.16 Å². The minimum absolute atomic E-state index is 0.0192. The van der Waals surface area contributed by atoms with E-state index in [1.165, 1.54) is 0 Å². The lowest BCUT2D eigenvalue weighted by molar-refractivity contribution is -0.133. The Labute approximate surface area is 108 Å². The van der Waals surface area contributed by atoms with Gasteiger partial charge in [0.15, 0.2) is 23.3 Å². The van der Waals surface area contributed by atoms with Crippen molar-refractivity contribution in [3.63, 3.8) is 0 Å². The maximum atomic E-state index is 13.0. The Bertz CT molecular complexity index is 609. The molecule has 0 fully saturated rings. The Hall–Kier alpha value is -2.03. The van der Waals surface area contributed by atoms with Gasteiger partial charge in [0.25, 0.3) is 0 Å². The number of nitrogens with zero attached hydrogens (tertiary/aromatic N) is 2. The molecular formula is C10H6F3N3O2S. The third-order valence-corrected chi connectivity index (χ3v) is 2.88. The summed E-state index contributed by atoms with van der Waals surface area (Å²) in [5.74, 6) is -5.52. The van der Waals surface area contributed by atoms with Crippen molar-refractivity contribution < 1.29 is 23.1 Å². The first-order valence-electron chi connectivity index (χ1n) is 4.89. The van der Waals surface area contributed by atoms with Gasteiger partial charge < -0.3 is 5.11 Å². The molecule has 0 radical (unpaired) electrons. The van der Waals surface area contributed by atoms with Crippen LogP contribution in [0.5, 0.6) is 0 Å².